The van der Waals surface area contributed by atoms with E-state index in [2.05, 4.69) is 27.3 Å². The number of nitriles is 1. The molecule has 0 bridgehead atoms. The van der Waals surface area contributed by atoms with Gasteiger partial charge in [0, 0.05) is 16.6 Å². The fourth-order valence-electron chi connectivity index (χ4n) is 1.32. The molecule has 0 unspecified atom stereocenters. The van der Waals surface area contributed by atoms with Crippen LogP contribution in [0.4, 0.5) is 0 Å². The molecule has 4 heteroatoms. The number of aryl methyl sites for hydroxylation is 1. The van der Waals surface area contributed by atoms with Crippen LogP contribution in [-0.2, 0) is 0 Å². The molecule has 1 N–H and O–H groups in total. The monoisotopic (exact) mass is 294 g/mol. The zero-order chi connectivity index (χ0) is 13.1. The van der Waals surface area contributed by atoms with Gasteiger partial charge < -0.3 is 5.32 Å². The van der Waals surface area contributed by atoms with Crippen LogP contribution in [0.1, 0.15) is 29.8 Å². The zero-order valence-corrected chi connectivity index (χ0v) is 11.8. The summed E-state index contributed by atoms with van der Waals surface area (Å²) in [6, 6.07) is 7.65. The highest BCUT2D eigenvalue weighted by atomic mass is 79.9. The molecule has 0 aromatic heterocycles. The first-order valence-electron chi connectivity index (χ1n) is 5.31. The largest absolute Gasteiger partial charge is 0.350 e. The van der Waals surface area contributed by atoms with Gasteiger partial charge in [-0.05, 0) is 44.5 Å². The van der Waals surface area contributed by atoms with Crippen molar-refractivity contribution in [3.63, 3.8) is 0 Å². The Kier molecular flexibility index (Phi) is 4.30. The molecule has 1 rings (SSSR count). The number of nitrogens with zero attached hydrogens (tertiary/aromatic N) is 1. The molecule has 1 aromatic rings. The summed E-state index contributed by atoms with van der Waals surface area (Å²) >= 11 is 3.35. The predicted octanol–water partition coefficient (Wildman–Crippen LogP) is 3.04. The van der Waals surface area contributed by atoms with Crippen molar-refractivity contribution in [3.05, 3.63) is 33.8 Å². The van der Waals surface area contributed by atoms with Gasteiger partial charge in [-0.3, -0.25) is 4.79 Å². The van der Waals surface area contributed by atoms with E-state index in [1.165, 1.54) is 0 Å². The van der Waals surface area contributed by atoms with Crippen LogP contribution in [0.3, 0.4) is 0 Å². The fourth-order valence-corrected chi connectivity index (χ4v) is 1.79. The number of nitrogens with one attached hydrogen (secondary N) is 1. The molecule has 0 fully saturated rings. The minimum Gasteiger partial charge on any atom is -0.350 e. The van der Waals surface area contributed by atoms with Gasteiger partial charge in [0.15, 0.2) is 0 Å². The average molecular weight is 295 g/mol. The minimum atomic E-state index is -0.543. The Bertz CT molecular complexity index is 475. The van der Waals surface area contributed by atoms with E-state index in [9.17, 15) is 4.79 Å². The van der Waals surface area contributed by atoms with Crippen molar-refractivity contribution < 1.29 is 4.79 Å². The summed E-state index contributed by atoms with van der Waals surface area (Å²) in [6.07, 6.45) is 0. The number of carbonyl (C=O) groups is 1. The van der Waals surface area contributed by atoms with E-state index in [-0.39, 0.29) is 5.91 Å². The fraction of sp³-hybridized carbons (Fsp3) is 0.385. The second-order valence-electron chi connectivity index (χ2n) is 4.64. The van der Waals surface area contributed by atoms with E-state index in [1.54, 1.807) is 19.9 Å². The highest BCUT2D eigenvalue weighted by Crippen LogP contribution is 2.16. The van der Waals surface area contributed by atoms with Crippen LogP contribution in [0.25, 0.3) is 0 Å². The second-order valence-corrected chi connectivity index (χ2v) is 5.55. The Labute approximate surface area is 110 Å². The third-order valence-electron chi connectivity index (χ3n) is 2.43. The van der Waals surface area contributed by atoms with Crippen LogP contribution in [0.5, 0.6) is 0 Å². The lowest BCUT2D eigenvalue weighted by Crippen LogP contribution is -2.33. The highest BCUT2D eigenvalue weighted by molar-refractivity contribution is 9.10. The van der Waals surface area contributed by atoms with Crippen molar-refractivity contribution >= 4 is 21.8 Å². The highest BCUT2D eigenvalue weighted by Gasteiger charge is 2.18. The van der Waals surface area contributed by atoms with Crippen molar-refractivity contribution in [1.82, 2.24) is 5.32 Å². The molecule has 17 heavy (non-hydrogen) atoms. The standard InChI is InChI=1S/C13H15BrN2O/c1-9-6-10(14)4-5-11(9)12(17)16-8-13(2,3)7-15/h4-6H,8H2,1-3H3,(H,16,17). The smallest absolute Gasteiger partial charge is 0.251 e. The maximum atomic E-state index is 11.9. The Morgan fingerprint density at radius 1 is 1.53 bits per heavy atom. The van der Waals surface area contributed by atoms with E-state index in [0.717, 1.165) is 10.0 Å². The molecule has 0 aliphatic rings. The first-order chi connectivity index (χ1) is 7.85. The summed E-state index contributed by atoms with van der Waals surface area (Å²) in [5.74, 6) is -0.140. The van der Waals surface area contributed by atoms with Crippen molar-refractivity contribution in [2.75, 3.05) is 6.54 Å². The molecule has 0 aliphatic heterocycles. The molecule has 0 saturated carbocycles. The summed E-state index contributed by atoms with van der Waals surface area (Å²) in [5.41, 5.74) is 1.01. The Balaban J connectivity index is 2.75. The maximum absolute atomic E-state index is 11.9. The van der Waals surface area contributed by atoms with Crippen LogP contribution >= 0.6 is 15.9 Å². The normalized spacial score (nSPS) is 10.8. The third-order valence-corrected chi connectivity index (χ3v) is 2.92. The van der Waals surface area contributed by atoms with Crippen molar-refractivity contribution in [2.45, 2.75) is 20.8 Å². The summed E-state index contributed by atoms with van der Waals surface area (Å²) in [6.45, 7) is 5.82. The first-order valence-corrected chi connectivity index (χ1v) is 6.10. The molecule has 90 valence electrons. The maximum Gasteiger partial charge on any atom is 0.251 e. The molecule has 1 aromatic carbocycles. The molecule has 0 spiro atoms. The number of hydrogen-bond acceptors (Lipinski definition) is 2. The number of rotatable bonds is 3. The Morgan fingerprint density at radius 2 is 2.18 bits per heavy atom. The van der Waals surface area contributed by atoms with Crippen molar-refractivity contribution in [3.8, 4) is 6.07 Å². The van der Waals surface area contributed by atoms with Crippen LogP contribution in [0, 0.1) is 23.7 Å². The first kappa shape index (κ1) is 13.7. The zero-order valence-electron chi connectivity index (χ0n) is 10.2. The van der Waals surface area contributed by atoms with Gasteiger partial charge in [-0.1, -0.05) is 15.9 Å². The van der Waals surface area contributed by atoms with E-state index >= 15 is 0 Å². The molecule has 0 atom stereocenters. The predicted molar refractivity (Wildman–Crippen MR) is 70.6 cm³/mol. The lowest BCUT2D eigenvalue weighted by molar-refractivity contribution is 0.0943. The summed E-state index contributed by atoms with van der Waals surface area (Å²) in [5, 5.41) is 11.6. The minimum absolute atomic E-state index is 0.140. The molecular formula is C13H15BrN2O. The average Bonchev–Trinajstić information content (AvgIpc) is 2.26. The van der Waals surface area contributed by atoms with Gasteiger partial charge in [0.25, 0.3) is 5.91 Å². The van der Waals surface area contributed by atoms with Crippen LogP contribution < -0.4 is 5.32 Å². The molecule has 3 nitrogen and oxygen atoms in total. The SMILES string of the molecule is Cc1cc(Br)ccc1C(=O)NCC(C)(C)C#N. The molecule has 1 amide bonds. The van der Waals surface area contributed by atoms with Gasteiger partial charge in [0.05, 0.1) is 11.5 Å². The lowest BCUT2D eigenvalue weighted by Gasteiger charge is -2.16. The van der Waals surface area contributed by atoms with Gasteiger partial charge in [-0.2, -0.15) is 5.26 Å². The van der Waals surface area contributed by atoms with Crippen LogP contribution in [-0.4, -0.2) is 12.5 Å². The Hall–Kier alpha value is -1.34. The number of halogens is 1. The molecule has 0 heterocycles. The third kappa shape index (κ3) is 3.86. The quantitative estimate of drug-likeness (QED) is 0.931. The number of hydrogen-bond donors (Lipinski definition) is 1. The second kappa shape index (κ2) is 5.33. The molecule has 0 saturated heterocycles. The van der Waals surface area contributed by atoms with Gasteiger partial charge in [0.1, 0.15) is 0 Å². The summed E-state index contributed by atoms with van der Waals surface area (Å²) in [7, 11) is 0. The van der Waals surface area contributed by atoms with Gasteiger partial charge in [-0.25, -0.2) is 0 Å². The van der Waals surface area contributed by atoms with E-state index in [1.807, 2.05) is 19.1 Å². The molecule has 0 aliphatic carbocycles. The van der Waals surface area contributed by atoms with E-state index in [0.29, 0.717) is 12.1 Å². The number of carbonyl (C=O) groups excluding carboxylic acids is 1. The lowest BCUT2D eigenvalue weighted by atomic mass is 9.96. The topological polar surface area (TPSA) is 52.9 Å². The van der Waals surface area contributed by atoms with Crippen LogP contribution in [0.2, 0.25) is 0 Å². The molecule has 0 radical (unpaired) electrons. The van der Waals surface area contributed by atoms with E-state index in [4.69, 9.17) is 5.26 Å². The Morgan fingerprint density at radius 3 is 2.71 bits per heavy atom. The van der Waals surface area contributed by atoms with Gasteiger partial charge in [0.2, 0.25) is 0 Å². The van der Waals surface area contributed by atoms with Crippen molar-refractivity contribution in [2.24, 2.45) is 5.41 Å². The van der Waals surface area contributed by atoms with Crippen molar-refractivity contribution in [1.29, 1.82) is 5.26 Å². The van der Waals surface area contributed by atoms with Gasteiger partial charge in [-0.15, -0.1) is 0 Å². The summed E-state index contributed by atoms with van der Waals surface area (Å²) < 4.78 is 0.948. The number of amides is 1. The van der Waals surface area contributed by atoms with Crippen LogP contribution in [0.15, 0.2) is 22.7 Å². The van der Waals surface area contributed by atoms with E-state index < -0.39 is 5.41 Å². The summed E-state index contributed by atoms with van der Waals surface area (Å²) in [4.78, 5) is 11.9. The molecular weight excluding hydrogens is 280 g/mol. The van der Waals surface area contributed by atoms with Gasteiger partial charge >= 0.3 is 0 Å². The number of benzene rings is 1.